The molecule has 3 N–H and O–H groups in total. The number of nitrogens with zero attached hydrogens (tertiary/aromatic N) is 1. The summed E-state index contributed by atoms with van der Waals surface area (Å²) in [7, 11) is -3.72. The van der Waals surface area contributed by atoms with E-state index in [0.29, 0.717) is 13.1 Å². The highest BCUT2D eigenvalue weighted by Gasteiger charge is 2.19. The van der Waals surface area contributed by atoms with Crippen molar-refractivity contribution in [1.29, 1.82) is 0 Å². The number of carbonyl (C=O) groups is 1. The predicted molar refractivity (Wildman–Crippen MR) is 70.5 cm³/mol. The van der Waals surface area contributed by atoms with Crippen molar-refractivity contribution in [3.8, 4) is 5.75 Å². The zero-order valence-corrected chi connectivity index (χ0v) is 11.4. The van der Waals surface area contributed by atoms with Crippen LogP contribution in [0, 0.1) is 0 Å². The molecule has 8 heteroatoms. The summed E-state index contributed by atoms with van der Waals surface area (Å²) in [6, 6.07) is 3.49. The number of hydrogen-bond donors (Lipinski definition) is 3. The first kappa shape index (κ1) is 15.3. The minimum Gasteiger partial charge on any atom is -0.507 e. The van der Waals surface area contributed by atoms with E-state index in [4.69, 9.17) is 5.11 Å². The van der Waals surface area contributed by atoms with E-state index in [9.17, 15) is 18.3 Å². The highest BCUT2D eigenvalue weighted by molar-refractivity contribution is 7.90. The molecule has 106 valence electrons. The van der Waals surface area contributed by atoms with Gasteiger partial charge in [-0.2, -0.15) is 12.7 Å². The van der Waals surface area contributed by atoms with E-state index >= 15 is 0 Å². The molecule has 19 heavy (non-hydrogen) atoms. The van der Waals surface area contributed by atoms with Crippen molar-refractivity contribution in [2.75, 3.05) is 17.8 Å². The molecule has 0 radical (unpaired) electrons. The number of aromatic hydroxyl groups is 1. The van der Waals surface area contributed by atoms with Gasteiger partial charge in [0.2, 0.25) is 0 Å². The van der Waals surface area contributed by atoms with Gasteiger partial charge in [-0.05, 0) is 18.2 Å². The molecule has 0 aliphatic carbocycles. The van der Waals surface area contributed by atoms with Crippen LogP contribution in [-0.2, 0) is 10.2 Å². The SMILES string of the molecule is CCN(CC)S(=O)(=O)Nc1ccc(O)c(C(=O)O)c1. The van der Waals surface area contributed by atoms with Gasteiger partial charge in [0.15, 0.2) is 0 Å². The molecular weight excluding hydrogens is 272 g/mol. The zero-order chi connectivity index (χ0) is 14.6. The van der Waals surface area contributed by atoms with Crippen LogP contribution in [0.1, 0.15) is 24.2 Å². The quantitative estimate of drug-likeness (QED) is 0.679. The van der Waals surface area contributed by atoms with Crippen molar-refractivity contribution >= 4 is 21.9 Å². The van der Waals surface area contributed by atoms with Crippen LogP contribution >= 0.6 is 0 Å². The third kappa shape index (κ3) is 3.58. The Labute approximate surface area is 111 Å². The Bertz CT molecular complexity index is 566. The standard InChI is InChI=1S/C11H16N2O5S/c1-3-13(4-2)19(17,18)12-8-5-6-10(14)9(7-8)11(15)16/h5-7,12,14H,3-4H2,1-2H3,(H,15,16). The van der Waals surface area contributed by atoms with Crippen molar-refractivity contribution in [2.45, 2.75) is 13.8 Å². The molecular formula is C11H16N2O5S. The van der Waals surface area contributed by atoms with Crippen molar-refractivity contribution in [3.63, 3.8) is 0 Å². The molecule has 0 atom stereocenters. The second-order valence-electron chi connectivity index (χ2n) is 3.73. The summed E-state index contributed by atoms with van der Waals surface area (Å²) in [6.45, 7) is 4.00. The van der Waals surface area contributed by atoms with Crippen molar-refractivity contribution in [1.82, 2.24) is 4.31 Å². The molecule has 0 amide bonds. The molecule has 1 rings (SSSR count). The first-order valence-corrected chi connectivity index (χ1v) is 7.10. The summed E-state index contributed by atoms with van der Waals surface area (Å²) in [5, 5.41) is 18.2. The van der Waals surface area contributed by atoms with E-state index in [1.807, 2.05) is 0 Å². The Kier molecular flexibility index (Phi) is 4.73. The van der Waals surface area contributed by atoms with Gasteiger partial charge in [0.1, 0.15) is 11.3 Å². The molecule has 1 aromatic carbocycles. The van der Waals surface area contributed by atoms with Gasteiger partial charge in [-0.25, -0.2) is 4.79 Å². The number of nitrogens with one attached hydrogen (secondary N) is 1. The Balaban J connectivity index is 3.07. The van der Waals surface area contributed by atoms with Gasteiger partial charge in [-0.3, -0.25) is 4.72 Å². The first-order valence-electron chi connectivity index (χ1n) is 5.66. The van der Waals surface area contributed by atoms with E-state index in [0.717, 1.165) is 12.1 Å². The second-order valence-corrected chi connectivity index (χ2v) is 5.40. The highest BCUT2D eigenvalue weighted by Crippen LogP contribution is 2.22. The summed E-state index contributed by atoms with van der Waals surface area (Å²) < 4.78 is 27.3. The molecule has 1 aromatic rings. The van der Waals surface area contributed by atoms with Crippen LogP contribution < -0.4 is 4.72 Å². The van der Waals surface area contributed by atoms with Crippen LogP contribution in [0.3, 0.4) is 0 Å². The lowest BCUT2D eigenvalue weighted by Gasteiger charge is -2.19. The summed E-state index contributed by atoms with van der Waals surface area (Å²) in [6.07, 6.45) is 0. The zero-order valence-electron chi connectivity index (χ0n) is 10.6. The number of aromatic carboxylic acids is 1. The van der Waals surface area contributed by atoms with Gasteiger partial charge < -0.3 is 10.2 Å². The lowest BCUT2D eigenvalue weighted by Crippen LogP contribution is -2.35. The van der Waals surface area contributed by atoms with Gasteiger partial charge in [0.05, 0.1) is 5.69 Å². The fraction of sp³-hybridized carbons (Fsp3) is 0.364. The molecule has 0 aliphatic rings. The lowest BCUT2D eigenvalue weighted by molar-refractivity contribution is 0.0693. The maximum Gasteiger partial charge on any atom is 0.339 e. The normalized spacial score (nSPS) is 11.5. The number of carboxylic acids is 1. The molecule has 0 bridgehead atoms. The molecule has 7 nitrogen and oxygen atoms in total. The van der Waals surface area contributed by atoms with E-state index in [2.05, 4.69) is 4.72 Å². The molecule has 0 aliphatic heterocycles. The van der Waals surface area contributed by atoms with E-state index in [1.54, 1.807) is 13.8 Å². The van der Waals surface area contributed by atoms with Crippen LogP contribution in [-0.4, -0.2) is 42.0 Å². The number of anilines is 1. The summed E-state index contributed by atoms with van der Waals surface area (Å²) in [5.74, 6) is -1.75. The minimum absolute atomic E-state index is 0.0853. The fourth-order valence-corrected chi connectivity index (χ4v) is 2.78. The fourth-order valence-electron chi connectivity index (χ4n) is 1.55. The maximum atomic E-state index is 11.9. The maximum absolute atomic E-state index is 11.9. The molecule has 0 saturated heterocycles. The van der Waals surface area contributed by atoms with Crippen LogP contribution in [0.2, 0.25) is 0 Å². The van der Waals surface area contributed by atoms with Gasteiger partial charge in [0, 0.05) is 13.1 Å². The number of rotatable bonds is 6. The average Bonchev–Trinajstić information content (AvgIpc) is 2.32. The van der Waals surface area contributed by atoms with E-state index in [1.165, 1.54) is 10.4 Å². The third-order valence-electron chi connectivity index (χ3n) is 2.52. The molecule has 0 aromatic heterocycles. The first-order chi connectivity index (χ1) is 8.81. The predicted octanol–water partition coefficient (Wildman–Crippen LogP) is 1.09. The molecule has 0 fully saturated rings. The smallest absolute Gasteiger partial charge is 0.339 e. The van der Waals surface area contributed by atoms with Crippen molar-refractivity contribution < 1.29 is 23.4 Å². The third-order valence-corrected chi connectivity index (χ3v) is 4.21. The number of carboxylic acid groups (broad SMARTS) is 1. The average molecular weight is 288 g/mol. The van der Waals surface area contributed by atoms with Crippen LogP contribution in [0.15, 0.2) is 18.2 Å². The summed E-state index contributed by atoms with van der Waals surface area (Å²) in [4.78, 5) is 10.8. The number of phenols is 1. The van der Waals surface area contributed by atoms with Gasteiger partial charge in [-0.15, -0.1) is 0 Å². The van der Waals surface area contributed by atoms with Gasteiger partial charge in [-0.1, -0.05) is 13.8 Å². The highest BCUT2D eigenvalue weighted by atomic mass is 32.2. The van der Waals surface area contributed by atoms with E-state index < -0.39 is 21.9 Å². The number of hydrogen-bond acceptors (Lipinski definition) is 4. The number of benzene rings is 1. The molecule has 0 saturated carbocycles. The van der Waals surface area contributed by atoms with Gasteiger partial charge in [0.25, 0.3) is 0 Å². The molecule has 0 unspecified atom stereocenters. The monoisotopic (exact) mass is 288 g/mol. The minimum atomic E-state index is -3.72. The van der Waals surface area contributed by atoms with Crippen molar-refractivity contribution in [2.24, 2.45) is 0 Å². The van der Waals surface area contributed by atoms with Crippen LogP contribution in [0.4, 0.5) is 5.69 Å². The largest absolute Gasteiger partial charge is 0.507 e. The molecule has 0 spiro atoms. The lowest BCUT2D eigenvalue weighted by atomic mass is 10.2. The van der Waals surface area contributed by atoms with E-state index in [-0.39, 0.29) is 11.3 Å². The summed E-state index contributed by atoms with van der Waals surface area (Å²) in [5.41, 5.74) is -0.276. The van der Waals surface area contributed by atoms with Gasteiger partial charge >= 0.3 is 16.2 Å². The van der Waals surface area contributed by atoms with Crippen LogP contribution in [0.5, 0.6) is 5.75 Å². The van der Waals surface area contributed by atoms with Crippen LogP contribution in [0.25, 0.3) is 0 Å². The molecule has 0 heterocycles. The Hall–Kier alpha value is -1.80. The Morgan fingerprint density at radius 3 is 2.37 bits per heavy atom. The Morgan fingerprint density at radius 2 is 1.89 bits per heavy atom. The topological polar surface area (TPSA) is 107 Å². The second kappa shape index (κ2) is 5.89. The Morgan fingerprint density at radius 1 is 1.32 bits per heavy atom. The van der Waals surface area contributed by atoms with Crippen molar-refractivity contribution in [3.05, 3.63) is 23.8 Å². The summed E-state index contributed by atoms with van der Waals surface area (Å²) >= 11 is 0.